The first-order valence-corrected chi connectivity index (χ1v) is 10.7. The summed E-state index contributed by atoms with van der Waals surface area (Å²) in [7, 11) is -0.258. The van der Waals surface area contributed by atoms with E-state index >= 15 is 0 Å². The molecule has 0 amide bonds. The van der Waals surface area contributed by atoms with Crippen molar-refractivity contribution in [3.63, 3.8) is 0 Å². The number of benzene rings is 1. The summed E-state index contributed by atoms with van der Waals surface area (Å²) in [4.78, 5) is 7.06. The molecular weight excluding hydrogens is 350 g/mol. The van der Waals surface area contributed by atoms with Crippen molar-refractivity contribution in [3.8, 4) is 0 Å². The van der Waals surface area contributed by atoms with Crippen LogP contribution in [0.1, 0.15) is 31.7 Å². The fourth-order valence-corrected chi connectivity index (χ4v) is 3.93. The molecule has 1 heterocycles. The molecule has 0 radical (unpaired) electrons. The van der Waals surface area contributed by atoms with Gasteiger partial charge in [0.25, 0.3) is 0 Å². The molecule has 3 N–H and O–H groups in total. The highest BCUT2D eigenvalue weighted by Crippen LogP contribution is 2.12. The van der Waals surface area contributed by atoms with Gasteiger partial charge in [0.1, 0.15) is 0 Å². The van der Waals surface area contributed by atoms with Gasteiger partial charge in [-0.05, 0) is 50.6 Å². The number of guanidine groups is 1. The monoisotopic (exact) mass is 381 g/mol. The molecule has 146 valence electrons. The maximum Gasteiger partial charge on any atom is 0.240 e. The minimum Gasteiger partial charge on any atom is -0.354 e. The summed E-state index contributed by atoms with van der Waals surface area (Å²) in [6.45, 7) is 6.14. The van der Waals surface area contributed by atoms with Crippen LogP contribution in [0.25, 0.3) is 0 Å². The van der Waals surface area contributed by atoms with Crippen molar-refractivity contribution in [2.75, 3.05) is 33.7 Å². The van der Waals surface area contributed by atoms with Crippen molar-refractivity contribution in [2.24, 2.45) is 4.99 Å². The molecule has 1 aliphatic rings. The van der Waals surface area contributed by atoms with Crippen molar-refractivity contribution >= 4 is 16.0 Å². The number of hydrogen-bond acceptors (Lipinski definition) is 4. The van der Waals surface area contributed by atoms with Crippen LogP contribution in [-0.2, 0) is 16.6 Å². The van der Waals surface area contributed by atoms with Gasteiger partial charge >= 0.3 is 0 Å². The van der Waals surface area contributed by atoms with Crippen LogP contribution < -0.4 is 15.4 Å². The van der Waals surface area contributed by atoms with Gasteiger partial charge in [0.05, 0.1) is 4.90 Å². The molecule has 0 spiro atoms. The zero-order valence-electron chi connectivity index (χ0n) is 16.0. The first kappa shape index (κ1) is 20.7. The fraction of sp³-hybridized carbons (Fsp3) is 0.611. The average Bonchev–Trinajstić information content (AvgIpc) is 2.67. The van der Waals surface area contributed by atoms with Crippen LogP contribution in [0.15, 0.2) is 34.2 Å². The van der Waals surface area contributed by atoms with Crippen LogP contribution in [0.5, 0.6) is 0 Å². The van der Waals surface area contributed by atoms with Gasteiger partial charge in [0.2, 0.25) is 10.0 Å². The van der Waals surface area contributed by atoms with Crippen LogP contribution in [0, 0.1) is 0 Å². The molecule has 1 aliphatic heterocycles. The maximum absolute atomic E-state index is 11.9. The lowest BCUT2D eigenvalue weighted by Crippen LogP contribution is -2.48. The van der Waals surface area contributed by atoms with Crippen molar-refractivity contribution in [1.82, 2.24) is 20.3 Å². The largest absolute Gasteiger partial charge is 0.354 e. The van der Waals surface area contributed by atoms with E-state index < -0.39 is 10.0 Å². The van der Waals surface area contributed by atoms with Crippen molar-refractivity contribution < 1.29 is 8.42 Å². The molecule has 0 saturated carbocycles. The second-order valence-corrected chi connectivity index (χ2v) is 8.43. The van der Waals surface area contributed by atoms with Crippen LogP contribution in [0.2, 0.25) is 0 Å². The van der Waals surface area contributed by atoms with Gasteiger partial charge in [-0.25, -0.2) is 13.1 Å². The number of nitrogens with zero attached hydrogens (tertiary/aromatic N) is 2. The molecule has 26 heavy (non-hydrogen) atoms. The third-order valence-electron chi connectivity index (χ3n) is 4.63. The number of rotatable bonds is 7. The summed E-state index contributed by atoms with van der Waals surface area (Å²) in [5.41, 5.74) is 0.891. The highest BCUT2D eigenvalue weighted by molar-refractivity contribution is 7.89. The Labute approximate surface area is 157 Å². The minimum absolute atomic E-state index is 0.269. The van der Waals surface area contributed by atoms with Gasteiger partial charge in [-0.15, -0.1) is 0 Å². The molecule has 0 aromatic heterocycles. The Hall–Kier alpha value is -1.64. The number of nitrogens with one attached hydrogen (secondary N) is 3. The summed E-state index contributed by atoms with van der Waals surface area (Å²) in [6, 6.07) is 7.34. The molecule has 1 saturated heterocycles. The van der Waals surface area contributed by atoms with E-state index in [9.17, 15) is 8.42 Å². The molecule has 8 heteroatoms. The topological polar surface area (TPSA) is 85.8 Å². The second kappa shape index (κ2) is 9.89. The van der Waals surface area contributed by atoms with E-state index in [0.717, 1.165) is 37.5 Å². The molecule has 0 atom stereocenters. The second-order valence-electron chi connectivity index (χ2n) is 6.54. The Kier molecular flexibility index (Phi) is 7.86. The number of aliphatic imine (C=N–C) groups is 1. The van der Waals surface area contributed by atoms with E-state index in [0.29, 0.717) is 12.6 Å². The molecule has 7 nitrogen and oxygen atoms in total. The Balaban J connectivity index is 1.87. The van der Waals surface area contributed by atoms with E-state index in [2.05, 4.69) is 32.2 Å². The van der Waals surface area contributed by atoms with E-state index in [4.69, 9.17) is 0 Å². The lowest BCUT2D eigenvalue weighted by molar-refractivity contribution is 0.206. The third-order valence-corrected chi connectivity index (χ3v) is 6.04. The molecule has 2 rings (SSSR count). The highest BCUT2D eigenvalue weighted by Gasteiger charge is 2.19. The summed E-state index contributed by atoms with van der Waals surface area (Å²) >= 11 is 0. The molecule has 0 bridgehead atoms. The van der Waals surface area contributed by atoms with E-state index in [1.54, 1.807) is 25.2 Å². The molecule has 1 aromatic rings. The first-order valence-electron chi connectivity index (χ1n) is 9.20. The smallest absolute Gasteiger partial charge is 0.240 e. The number of hydrogen-bond donors (Lipinski definition) is 3. The Bertz CT molecular complexity index is 697. The lowest BCUT2D eigenvalue weighted by atomic mass is 10.1. The Morgan fingerprint density at radius 1 is 1.31 bits per heavy atom. The predicted octanol–water partition coefficient (Wildman–Crippen LogP) is 1.13. The van der Waals surface area contributed by atoms with Crippen molar-refractivity contribution in [3.05, 3.63) is 29.8 Å². The Morgan fingerprint density at radius 2 is 2.04 bits per heavy atom. The van der Waals surface area contributed by atoms with Crippen LogP contribution in [-0.4, -0.2) is 59.0 Å². The first-order chi connectivity index (χ1) is 12.5. The van der Waals surface area contributed by atoms with Crippen molar-refractivity contribution in [2.45, 2.75) is 43.7 Å². The van der Waals surface area contributed by atoms with Crippen LogP contribution in [0.4, 0.5) is 0 Å². The van der Waals surface area contributed by atoms with Gasteiger partial charge in [-0.2, -0.15) is 0 Å². The standard InChI is InChI=1S/C18H31N5O2S/c1-4-10-23-11-8-16(9-12-23)22-18(19-2)21-14-15-6-5-7-17(13-15)26(24,25)20-3/h5-7,13,16,20H,4,8-12,14H2,1-3H3,(H2,19,21,22). The van der Waals surface area contributed by atoms with Gasteiger partial charge in [0, 0.05) is 32.7 Å². The van der Waals surface area contributed by atoms with Gasteiger partial charge in [-0.1, -0.05) is 19.1 Å². The van der Waals surface area contributed by atoms with Gasteiger partial charge < -0.3 is 15.5 Å². The van der Waals surface area contributed by atoms with Crippen LogP contribution in [0.3, 0.4) is 0 Å². The molecule has 0 unspecified atom stereocenters. The lowest BCUT2D eigenvalue weighted by Gasteiger charge is -2.32. The predicted molar refractivity (Wildman–Crippen MR) is 106 cm³/mol. The Morgan fingerprint density at radius 3 is 2.65 bits per heavy atom. The summed E-state index contributed by atoms with van der Waals surface area (Å²) in [5, 5.41) is 6.75. The zero-order valence-corrected chi connectivity index (χ0v) is 16.8. The SMILES string of the molecule is CCCN1CCC(NC(=NC)NCc2cccc(S(=O)(=O)NC)c2)CC1. The normalized spacial score (nSPS) is 17.3. The summed E-state index contributed by atoms with van der Waals surface area (Å²) in [5.74, 6) is 0.751. The molecular formula is C18H31N5O2S. The number of sulfonamides is 1. The van der Waals surface area contributed by atoms with Gasteiger partial charge in [-0.3, -0.25) is 4.99 Å². The van der Waals surface area contributed by atoms with E-state index in [1.165, 1.54) is 20.0 Å². The van der Waals surface area contributed by atoms with Crippen molar-refractivity contribution in [1.29, 1.82) is 0 Å². The number of likely N-dealkylation sites (tertiary alicyclic amines) is 1. The molecule has 0 aliphatic carbocycles. The maximum atomic E-state index is 11.9. The quantitative estimate of drug-likeness (QED) is 0.487. The van der Waals surface area contributed by atoms with E-state index in [-0.39, 0.29) is 4.90 Å². The summed E-state index contributed by atoms with van der Waals surface area (Å²) < 4.78 is 26.2. The minimum atomic E-state index is -3.43. The zero-order chi connectivity index (χ0) is 19.0. The highest BCUT2D eigenvalue weighted by atomic mass is 32.2. The molecule has 1 aromatic carbocycles. The summed E-state index contributed by atoms with van der Waals surface area (Å²) in [6.07, 6.45) is 3.41. The third kappa shape index (κ3) is 5.96. The van der Waals surface area contributed by atoms with Crippen LogP contribution >= 0.6 is 0 Å². The average molecular weight is 382 g/mol. The molecule has 1 fully saturated rings. The fourth-order valence-electron chi connectivity index (χ4n) is 3.13. The van der Waals surface area contributed by atoms with E-state index in [1.807, 2.05) is 6.07 Å². The van der Waals surface area contributed by atoms with Gasteiger partial charge in [0.15, 0.2) is 5.96 Å². The number of piperidine rings is 1.